The topological polar surface area (TPSA) is 131 Å². The number of aliphatic hydroxyl groups is 1. The van der Waals surface area contributed by atoms with Gasteiger partial charge in [-0.25, -0.2) is 13.2 Å². The summed E-state index contributed by atoms with van der Waals surface area (Å²) in [6.07, 6.45) is -0.680. The van der Waals surface area contributed by atoms with E-state index in [2.05, 4.69) is 10.6 Å². The maximum atomic E-state index is 13.1. The van der Waals surface area contributed by atoms with Crippen molar-refractivity contribution in [2.45, 2.75) is 70.2 Å². The molecular formula is C34H42N2O7S. The zero-order valence-electron chi connectivity index (χ0n) is 25.3. The van der Waals surface area contributed by atoms with Crippen molar-refractivity contribution in [3.05, 3.63) is 101 Å². The third kappa shape index (κ3) is 10.4. The van der Waals surface area contributed by atoms with Crippen molar-refractivity contribution in [2.75, 3.05) is 18.1 Å². The van der Waals surface area contributed by atoms with Gasteiger partial charge < -0.3 is 25.2 Å². The predicted molar refractivity (Wildman–Crippen MR) is 169 cm³/mol. The summed E-state index contributed by atoms with van der Waals surface area (Å²) < 4.78 is 35.4. The molecule has 0 radical (unpaired) electrons. The molecule has 1 saturated heterocycles. The number of nitrogens with one attached hydrogen (secondary N) is 2. The lowest BCUT2D eigenvalue weighted by atomic mass is 9.93. The summed E-state index contributed by atoms with van der Waals surface area (Å²) in [6, 6.07) is 23.6. The van der Waals surface area contributed by atoms with Crippen molar-refractivity contribution >= 4 is 21.8 Å². The molecule has 236 valence electrons. The summed E-state index contributed by atoms with van der Waals surface area (Å²) in [6.45, 7) is 3.62. The van der Waals surface area contributed by atoms with Crippen LogP contribution in [-0.2, 0) is 32.2 Å². The number of carbonyl (C=O) groups is 2. The van der Waals surface area contributed by atoms with Crippen LogP contribution >= 0.6 is 0 Å². The lowest BCUT2D eigenvalue weighted by Gasteiger charge is -2.29. The molecule has 1 unspecified atom stereocenters. The summed E-state index contributed by atoms with van der Waals surface area (Å²) in [7, 11) is -3.25. The standard InChI is InChI=1S/C34H42N2O7S/c1-24-11-9-12-25(2)33(24)42-22-32(38)36-30(20-27-15-7-4-8-16-27)31(37)21-28(19-26-13-5-3-6-14-26)35-34(39)43-29-17-10-18-44(40,41)23-29/h3-9,11-16,28-31,37H,10,17-23H2,1-2H3,(H,35,39)(H,36,38)/t28-,29?,30-,31-/m0/s1. The number of aliphatic hydroxyl groups excluding tert-OH is 1. The zero-order chi connectivity index (χ0) is 31.5. The van der Waals surface area contributed by atoms with E-state index in [0.29, 0.717) is 31.4 Å². The first-order chi connectivity index (χ1) is 21.1. The predicted octanol–water partition coefficient (Wildman–Crippen LogP) is 4.08. The van der Waals surface area contributed by atoms with Crippen LogP contribution in [0.2, 0.25) is 0 Å². The van der Waals surface area contributed by atoms with Gasteiger partial charge in [-0.1, -0.05) is 78.9 Å². The number of carbonyl (C=O) groups excluding carboxylic acids is 2. The molecule has 3 N–H and O–H groups in total. The first-order valence-corrected chi connectivity index (χ1v) is 16.8. The number of aryl methyl sites for hydroxylation is 2. The van der Waals surface area contributed by atoms with Gasteiger partial charge >= 0.3 is 6.09 Å². The Morgan fingerprint density at radius 3 is 2.11 bits per heavy atom. The molecule has 1 heterocycles. The van der Waals surface area contributed by atoms with Crippen molar-refractivity contribution < 1.29 is 32.6 Å². The fraction of sp³-hybridized carbons (Fsp3) is 0.412. The number of hydrogen-bond donors (Lipinski definition) is 3. The van der Waals surface area contributed by atoms with Gasteiger partial charge in [-0.05, 0) is 68.2 Å². The number of ether oxygens (including phenoxy) is 2. The van der Waals surface area contributed by atoms with Gasteiger partial charge in [0.05, 0.1) is 23.7 Å². The SMILES string of the molecule is Cc1cccc(C)c1OCC(=O)N[C@@H](Cc1ccccc1)[C@@H](O)C[C@H](Cc1ccccc1)NC(=O)OC1CCCS(=O)(=O)C1. The Bertz CT molecular complexity index is 1460. The lowest BCUT2D eigenvalue weighted by Crippen LogP contribution is -2.50. The Labute approximate surface area is 259 Å². The van der Waals surface area contributed by atoms with E-state index in [1.54, 1.807) is 0 Å². The normalized spacial score (nSPS) is 17.9. The zero-order valence-corrected chi connectivity index (χ0v) is 26.1. The molecule has 1 aliphatic heterocycles. The number of sulfone groups is 1. The van der Waals surface area contributed by atoms with Crippen LogP contribution in [0.15, 0.2) is 78.9 Å². The number of benzene rings is 3. The second-order valence-corrected chi connectivity index (χ2v) is 13.7. The second kappa shape index (κ2) is 15.7. The molecule has 1 fully saturated rings. The number of hydrogen-bond acceptors (Lipinski definition) is 7. The second-order valence-electron chi connectivity index (χ2n) is 11.5. The molecule has 0 aromatic heterocycles. The number of rotatable bonds is 13. The highest BCUT2D eigenvalue weighted by Gasteiger charge is 2.30. The monoisotopic (exact) mass is 622 g/mol. The van der Waals surface area contributed by atoms with Crippen LogP contribution in [0.5, 0.6) is 5.75 Å². The molecule has 4 rings (SSSR count). The van der Waals surface area contributed by atoms with Gasteiger partial charge in [-0.3, -0.25) is 4.79 Å². The van der Waals surface area contributed by atoms with Crippen molar-refractivity contribution in [2.24, 2.45) is 0 Å². The van der Waals surface area contributed by atoms with Crippen LogP contribution in [0.25, 0.3) is 0 Å². The minimum absolute atomic E-state index is 0.0986. The first kappa shape index (κ1) is 33.0. The fourth-order valence-corrected chi connectivity index (χ4v) is 7.11. The molecule has 0 bridgehead atoms. The molecule has 3 aromatic rings. The fourth-order valence-electron chi connectivity index (χ4n) is 5.54. The van der Waals surface area contributed by atoms with Crippen LogP contribution in [0.3, 0.4) is 0 Å². The number of alkyl carbamates (subject to hydrolysis) is 1. The quantitative estimate of drug-likeness (QED) is 0.262. The molecule has 10 heteroatoms. The Morgan fingerprint density at radius 2 is 1.50 bits per heavy atom. The van der Waals surface area contributed by atoms with Gasteiger partial charge in [0.2, 0.25) is 0 Å². The Kier molecular flexibility index (Phi) is 11.8. The number of amides is 2. The third-order valence-electron chi connectivity index (χ3n) is 7.73. The highest BCUT2D eigenvalue weighted by molar-refractivity contribution is 7.91. The summed E-state index contributed by atoms with van der Waals surface area (Å²) in [5, 5.41) is 17.3. The molecule has 2 amide bonds. The van der Waals surface area contributed by atoms with E-state index in [0.717, 1.165) is 22.3 Å². The largest absolute Gasteiger partial charge is 0.483 e. The van der Waals surface area contributed by atoms with Crippen molar-refractivity contribution in [3.8, 4) is 5.75 Å². The van der Waals surface area contributed by atoms with Crippen LogP contribution < -0.4 is 15.4 Å². The van der Waals surface area contributed by atoms with E-state index in [-0.39, 0.29) is 30.4 Å². The van der Waals surface area contributed by atoms with Crippen LogP contribution in [0.1, 0.15) is 41.5 Å². The highest BCUT2D eigenvalue weighted by atomic mass is 32.2. The molecule has 0 spiro atoms. The Morgan fingerprint density at radius 1 is 0.886 bits per heavy atom. The van der Waals surface area contributed by atoms with Gasteiger partial charge in [-0.15, -0.1) is 0 Å². The van der Waals surface area contributed by atoms with Crippen LogP contribution in [0.4, 0.5) is 4.79 Å². The van der Waals surface area contributed by atoms with Crippen molar-refractivity contribution in [1.29, 1.82) is 0 Å². The molecule has 3 aromatic carbocycles. The number of para-hydroxylation sites is 1. The van der Waals surface area contributed by atoms with Crippen molar-refractivity contribution in [1.82, 2.24) is 10.6 Å². The maximum Gasteiger partial charge on any atom is 0.407 e. The summed E-state index contributed by atoms with van der Waals surface area (Å²) >= 11 is 0. The average Bonchev–Trinajstić information content (AvgIpc) is 2.97. The summed E-state index contributed by atoms with van der Waals surface area (Å²) in [5.74, 6) is 0.181. The Hall–Kier alpha value is -3.89. The molecule has 0 saturated carbocycles. The van der Waals surface area contributed by atoms with E-state index in [1.807, 2.05) is 92.7 Å². The molecule has 0 aliphatic carbocycles. The van der Waals surface area contributed by atoms with E-state index in [9.17, 15) is 23.1 Å². The molecule has 44 heavy (non-hydrogen) atoms. The maximum absolute atomic E-state index is 13.1. The third-order valence-corrected chi connectivity index (χ3v) is 9.52. The first-order valence-electron chi connectivity index (χ1n) is 15.0. The van der Waals surface area contributed by atoms with Gasteiger partial charge in [0.25, 0.3) is 5.91 Å². The molecule has 9 nitrogen and oxygen atoms in total. The van der Waals surface area contributed by atoms with E-state index >= 15 is 0 Å². The van der Waals surface area contributed by atoms with E-state index in [1.165, 1.54) is 0 Å². The minimum Gasteiger partial charge on any atom is -0.483 e. The van der Waals surface area contributed by atoms with Gasteiger partial charge in [-0.2, -0.15) is 0 Å². The van der Waals surface area contributed by atoms with Gasteiger partial charge in [0.15, 0.2) is 16.4 Å². The molecule has 4 atom stereocenters. The van der Waals surface area contributed by atoms with Crippen LogP contribution in [-0.4, -0.2) is 67.9 Å². The summed E-state index contributed by atoms with van der Waals surface area (Å²) in [4.78, 5) is 26.0. The Balaban J connectivity index is 1.46. The van der Waals surface area contributed by atoms with Gasteiger partial charge in [0, 0.05) is 6.04 Å². The van der Waals surface area contributed by atoms with Gasteiger partial charge in [0.1, 0.15) is 11.9 Å². The van der Waals surface area contributed by atoms with Crippen LogP contribution in [0, 0.1) is 13.8 Å². The minimum atomic E-state index is -3.25. The average molecular weight is 623 g/mol. The molecular weight excluding hydrogens is 580 g/mol. The lowest BCUT2D eigenvalue weighted by molar-refractivity contribution is -0.124. The molecule has 1 aliphatic rings. The van der Waals surface area contributed by atoms with E-state index < -0.39 is 40.2 Å². The smallest absolute Gasteiger partial charge is 0.407 e. The summed E-state index contributed by atoms with van der Waals surface area (Å²) in [5.41, 5.74) is 3.71. The van der Waals surface area contributed by atoms with E-state index in [4.69, 9.17) is 9.47 Å². The van der Waals surface area contributed by atoms with Crippen molar-refractivity contribution in [3.63, 3.8) is 0 Å². The highest BCUT2D eigenvalue weighted by Crippen LogP contribution is 2.22.